The van der Waals surface area contributed by atoms with E-state index >= 15 is 0 Å². The number of para-hydroxylation sites is 1. The van der Waals surface area contributed by atoms with Crippen LogP contribution in [0.15, 0.2) is 42.5 Å². The molecule has 0 aliphatic carbocycles. The van der Waals surface area contributed by atoms with Gasteiger partial charge in [-0.3, -0.25) is 4.79 Å². The first-order valence-corrected chi connectivity index (χ1v) is 6.06. The van der Waals surface area contributed by atoms with Gasteiger partial charge in [0.2, 0.25) is 0 Å². The number of carbonyl (C=O) groups excluding carboxylic acids is 1. The van der Waals surface area contributed by atoms with E-state index in [1.54, 1.807) is 0 Å². The van der Waals surface area contributed by atoms with Gasteiger partial charge in [-0.2, -0.15) is 0 Å². The minimum absolute atomic E-state index is 0.265. The molecule has 19 heavy (non-hydrogen) atoms. The van der Waals surface area contributed by atoms with E-state index in [0.29, 0.717) is 6.54 Å². The van der Waals surface area contributed by atoms with E-state index in [1.165, 1.54) is 23.1 Å². The van der Waals surface area contributed by atoms with Crippen LogP contribution in [0.4, 0.5) is 10.1 Å². The molecule has 0 saturated heterocycles. The summed E-state index contributed by atoms with van der Waals surface area (Å²) in [4.78, 5) is 13.9. The number of benzene rings is 2. The summed E-state index contributed by atoms with van der Waals surface area (Å²) in [6.07, 6.45) is 0.747. The van der Waals surface area contributed by atoms with Crippen LogP contribution in [0.2, 0.25) is 0 Å². The van der Waals surface area contributed by atoms with Gasteiger partial charge in [0.25, 0.3) is 5.91 Å². The van der Waals surface area contributed by atoms with E-state index in [1.807, 2.05) is 24.3 Å². The summed E-state index contributed by atoms with van der Waals surface area (Å²) in [6, 6.07) is 11.4. The molecule has 3 nitrogen and oxygen atoms in total. The zero-order chi connectivity index (χ0) is 13.4. The molecule has 1 amide bonds. The quantitative estimate of drug-likeness (QED) is 0.853. The first-order valence-electron chi connectivity index (χ1n) is 6.06. The van der Waals surface area contributed by atoms with Gasteiger partial charge in [0, 0.05) is 12.2 Å². The molecule has 0 spiro atoms. The van der Waals surface area contributed by atoms with Crippen molar-refractivity contribution in [3.8, 4) is 5.75 Å². The maximum absolute atomic E-state index is 13.7. The van der Waals surface area contributed by atoms with E-state index in [0.717, 1.165) is 17.7 Å². The Labute approximate surface area is 109 Å². The molecule has 4 heteroatoms. The Bertz CT molecular complexity index is 634. The summed E-state index contributed by atoms with van der Waals surface area (Å²) in [5.74, 6) is -1.52. The Morgan fingerprint density at radius 1 is 1.16 bits per heavy atom. The predicted octanol–water partition coefficient (Wildman–Crippen LogP) is 2.73. The van der Waals surface area contributed by atoms with Crippen molar-refractivity contribution in [2.75, 3.05) is 11.4 Å². The number of anilines is 1. The van der Waals surface area contributed by atoms with Crippen molar-refractivity contribution in [2.24, 2.45) is 0 Å². The van der Waals surface area contributed by atoms with Crippen LogP contribution in [-0.2, 0) is 6.42 Å². The zero-order valence-electron chi connectivity index (χ0n) is 10.1. The number of hydrogen-bond donors (Lipinski definition) is 1. The lowest BCUT2D eigenvalue weighted by molar-refractivity contribution is 0.0982. The zero-order valence-corrected chi connectivity index (χ0v) is 10.1. The molecule has 2 aromatic carbocycles. The van der Waals surface area contributed by atoms with Crippen LogP contribution in [0.3, 0.4) is 0 Å². The highest BCUT2D eigenvalue weighted by atomic mass is 19.1. The Morgan fingerprint density at radius 3 is 2.74 bits per heavy atom. The molecular formula is C15H12FNO2. The molecule has 3 rings (SSSR count). The molecule has 1 heterocycles. The van der Waals surface area contributed by atoms with E-state index in [2.05, 4.69) is 0 Å². The third-order valence-corrected chi connectivity index (χ3v) is 3.34. The molecule has 1 aliphatic rings. The van der Waals surface area contributed by atoms with Gasteiger partial charge in [-0.25, -0.2) is 4.39 Å². The highest BCUT2D eigenvalue weighted by Crippen LogP contribution is 2.31. The molecule has 1 aliphatic heterocycles. The molecule has 0 atom stereocenters. The average molecular weight is 257 g/mol. The summed E-state index contributed by atoms with van der Waals surface area (Å²) < 4.78 is 13.7. The van der Waals surface area contributed by atoms with Gasteiger partial charge in [-0.15, -0.1) is 0 Å². The highest BCUT2D eigenvalue weighted by molar-refractivity contribution is 6.09. The van der Waals surface area contributed by atoms with Crippen molar-refractivity contribution < 1.29 is 14.3 Å². The SMILES string of the molecule is O=C(c1c(O)cccc1F)N1CCc2ccccc21. The third-order valence-electron chi connectivity index (χ3n) is 3.34. The number of aromatic hydroxyl groups is 1. The Morgan fingerprint density at radius 2 is 1.95 bits per heavy atom. The lowest BCUT2D eigenvalue weighted by Gasteiger charge is -2.18. The molecule has 0 unspecified atom stereocenters. The molecule has 0 radical (unpaired) electrons. The summed E-state index contributed by atoms with van der Waals surface area (Å²) in [5, 5.41) is 9.68. The maximum Gasteiger partial charge on any atom is 0.265 e. The first-order chi connectivity index (χ1) is 9.18. The average Bonchev–Trinajstić information content (AvgIpc) is 2.82. The number of rotatable bonds is 1. The number of phenols is 1. The lowest BCUT2D eigenvalue weighted by atomic mass is 10.1. The normalized spacial score (nSPS) is 13.4. The number of hydrogen-bond acceptors (Lipinski definition) is 2. The minimum Gasteiger partial charge on any atom is -0.507 e. The Balaban J connectivity index is 2.03. The van der Waals surface area contributed by atoms with Gasteiger partial charge < -0.3 is 10.0 Å². The monoisotopic (exact) mass is 257 g/mol. The fraction of sp³-hybridized carbons (Fsp3) is 0.133. The second-order valence-corrected chi connectivity index (χ2v) is 4.47. The number of phenolic OH excluding ortho intramolecular Hbond substituents is 1. The third kappa shape index (κ3) is 1.85. The van der Waals surface area contributed by atoms with E-state index in [-0.39, 0.29) is 11.3 Å². The molecule has 0 fully saturated rings. The molecular weight excluding hydrogens is 245 g/mol. The molecule has 0 aromatic heterocycles. The van der Waals surface area contributed by atoms with Crippen LogP contribution in [0.1, 0.15) is 15.9 Å². The summed E-state index contributed by atoms with van der Waals surface area (Å²) in [7, 11) is 0. The number of halogens is 1. The van der Waals surface area contributed by atoms with Crippen LogP contribution in [0, 0.1) is 5.82 Å². The van der Waals surface area contributed by atoms with E-state index in [9.17, 15) is 14.3 Å². The number of nitrogens with zero attached hydrogens (tertiary/aromatic N) is 1. The van der Waals surface area contributed by atoms with Crippen molar-refractivity contribution in [2.45, 2.75) is 6.42 Å². The van der Waals surface area contributed by atoms with Gasteiger partial charge in [-0.1, -0.05) is 24.3 Å². The predicted molar refractivity (Wildman–Crippen MR) is 69.9 cm³/mol. The standard InChI is InChI=1S/C15H12FNO2/c16-11-5-3-7-13(18)14(11)15(19)17-9-8-10-4-1-2-6-12(10)17/h1-7,18H,8-9H2. The smallest absolute Gasteiger partial charge is 0.265 e. The van der Waals surface area contributed by atoms with Crippen LogP contribution in [-0.4, -0.2) is 17.6 Å². The second-order valence-electron chi connectivity index (χ2n) is 4.47. The largest absolute Gasteiger partial charge is 0.507 e. The van der Waals surface area contributed by atoms with Crippen molar-refractivity contribution in [3.05, 3.63) is 59.4 Å². The van der Waals surface area contributed by atoms with Crippen LogP contribution < -0.4 is 4.90 Å². The van der Waals surface area contributed by atoms with E-state index in [4.69, 9.17) is 0 Å². The van der Waals surface area contributed by atoms with Crippen molar-refractivity contribution in [1.82, 2.24) is 0 Å². The highest BCUT2D eigenvalue weighted by Gasteiger charge is 2.28. The fourth-order valence-electron chi connectivity index (χ4n) is 2.41. The summed E-state index contributed by atoms with van der Waals surface area (Å²) in [5.41, 5.74) is 1.58. The number of carbonyl (C=O) groups is 1. The number of amides is 1. The maximum atomic E-state index is 13.7. The molecule has 96 valence electrons. The molecule has 0 bridgehead atoms. The van der Waals surface area contributed by atoms with E-state index < -0.39 is 11.7 Å². The van der Waals surface area contributed by atoms with Crippen LogP contribution in [0.5, 0.6) is 5.75 Å². The molecule has 0 saturated carbocycles. The van der Waals surface area contributed by atoms with Crippen LogP contribution >= 0.6 is 0 Å². The summed E-state index contributed by atoms with van der Waals surface area (Å²) in [6.45, 7) is 0.506. The Kier molecular flexibility index (Phi) is 2.71. The minimum atomic E-state index is -0.700. The molecule has 2 aromatic rings. The van der Waals surface area contributed by atoms with Gasteiger partial charge >= 0.3 is 0 Å². The van der Waals surface area contributed by atoms with Crippen molar-refractivity contribution >= 4 is 11.6 Å². The van der Waals surface area contributed by atoms with Gasteiger partial charge in [0.15, 0.2) is 0 Å². The van der Waals surface area contributed by atoms with Crippen molar-refractivity contribution in [3.63, 3.8) is 0 Å². The first kappa shape index (κ1) is 11.7. The fourth-order valence-corrected chi connectivity index (χ4v) is 2.41. The topological polar surface area (TPSA) is 40.5 Å². The number of fused-ring (bicyclic) bond motifs is 1. The molecule has 1 N–H and O–H groups in total. The van der Waals surface area contributed by atoms with Crippen molar-refractivity contribution in [1.29, 1.82) is 0 Å². The van der Waals surface area contributed by atoms with Gasteiger partial charge in [-0.05, 0) is 30.2 Å². The lowest BCUT2D eigenvalue weighted by Crippen LogP contribution is -2.29. The van der Waals surface area contributed by atoms with Gasteiger partial charge in [0.1, 0.15) is 17.1 Å². The van der Waals surface area contributed by atoms with Crippen LogP contribution in [0.25, 0.3) is 0 Å². The van der Waals surface area contributed by atoms with Gasteiger partial charge in [0.05, 0.1) is 0 Å². The second kappa shape index (κ2) is 4.39. The Hall–Kier alpha value is -2.36. The summed E-state index contributed by atoms with van der Waals surface area (Å²) >= 11 is 0.